The van der Waals surface area contributed by atoms with Crippen LogP contribution in [0, 0.1) is 13.8 Å². The van der Waals surface area contributed by atoms with Crippen LogP contribution in [0.5, 0.6) is 5.88 Å². The SMILES string of the molecule is CCCCc1c(O)nn(-c2ccc(C)cc2)c1-c1ccccc1C. The fourth-order valence-electron chi connectivity index (χ4n) is 3.01. The fraction of sp³-hybridized carbons (Fsp3) is 0.286. The monoisotopic (exact) mass is 320 g/mol. The first-order valence-corrected chi connectivity index (χ1v) is 8.55. The van der Waals surface area contributed by atoms with Crippen molar-refractivity contribution in [2.75, 3.05) is 0 Å². The first-order valence-electron chi connectivity index (χ1n) is 8.55. The number of rotatable bonds is 5. The van der Waals surface area contributed by atoms with E-state index in [1.54, 1.807) is 0 Å². The van der Waals surface area contributed by atoms with Crippen LogP contribution in [-0.4, -0.2) is 14.9 Å². The minimum absolute atomic E-state index is 0.141. The molecule has 0 aliphatic heterocycles. The van der Waals surface area contributed by atoms with Crippen LogP contribution < -0.4 is 0 Å². The predicted molar refractivity (Wildman–Crippen MR) is 98.8 cm³/mol. The molecule has 0 bridgehead atoms. The second kappa shape index (κ2) is 6.91. The van der Waals surface area contributed by atoms with Crippen LogP contribution in [0.15, 0.2) is 48.5 Å². The summed E-state index contributed by atoms with van der Waals surface area (Å²) in [7, 11) is 0. The Morgan fingerprint density at radius 1 is 1.00 bits per heavy atom. The summed E-state index contributed by atoms with van der Waals surface area (Å²) in [6, 6.07) is 16.5. The number of aromatic hydroxyl groups is 1. The summed E-state index contributed by atoms with van der Waals surface area (Å²) < 4.78 is 1.88. The molecule has 0 atom stereocenters. The maximum atomic E-state index is 10.5. The van der Waals surface area contributed by atoms with Crippen LogP contribution in [0.2, 0.25) is 0 Å². The summed E-state index contributed by atoms with van der Waals surface area (Å²) in [6.45, 7) is 6.33. The molecule has 0 saturated carbocycles. The normalized spacial score (nSPS) is 11.0. The van der Waals surface area contributed by atoms with Crippen LogP contribution in [0.1, 0.15) is 36.5 Å². The second-order valence-corrected chi connectivity index (χ2v) is 6.32. The lowest BCUT2D eigenvalue weighted by Gasteiger charge is -2.12. The quantitative estimate of drug-likeness (QED) is 0.701. The van der Waals surface area contributed by atoms with E-state index < -0.39 is 0 Å². The van der Waals surface area contributed by atoms with Crippen molar-refractivity contribution in [1.82, 2.24) is 9.78 Å². The number of aromatic nitrogens is 2. The summed E-state index contributed by atoms with van der Waals surface area (Å²) >= 11 is 0. The molecule has 3 heteroatoms. The molecule has 0 aliphatic rings. The minimum atomic E-state index is 0.141. The first kappa shape index (κ1) is 16.3. The molecule has 0 saturated heterocycles. The molecule has 3 aromatic rings. The van der Waals surface area contributed by atoms with Gasteiger partial charge >= 0.3 is 0 Å². The van der Waals surface area contributed by atoms with E-state index in [4.69, 9.17) is 0 Å². The lowest BCUT2D eigenvalue weighted by molar-refractivity contribution is 0.441. The van der Waals surface area contributed by atoms with E-state index in [2.05, 4.69) is 50.1 Å². The van der Waals surface area contributed by atoms with Gasteiger partial charge in [-0.1, -0.05) is 55.3 Å². The van der Waals surface area contributed by atoms with E-state index in [1.165, 1.54) is 11.1 Å². The third kappa shape index (κ3) is 3.07. The number of hydrogen-bond donors (Lipinski definition) is 1. The Balaban J connectivity index is 2.22. The molecule has 0 unspecified atom stereocenters. The third-order valence-corrected chi connectivity index (χ3v) is 4.42. The summed E-state index contributed by atoms with van der Waals surface area (Å²) in [5.74, 6) is 0.141. The number of aryl methyl sites for hydroxylation is 2. The molecule has 24 heavy (non-hydrogen) atoms. The first-order chi connectivity index (χ1) is 11.6. The van der Waals surface area contributed by atoms with Crippen molar-refractivity contribution in [3.63, 3.8) is 0 Å². The van der Waals surface area contributed by atoms with E-state index in [0.717, 1.165) is 41.8 Å². The smallest absolute Gasteiger partial charge is 0.234 e. The van der Waals surface area contributed by atoms with E-state index >= 15 is 0 Å². The number of unbranched alkanes of at least 4 members (excludes halogenated alkanes) is 1. The van der Waals surface area contributed by atoms with Crippen LogP contribution in [0.25, 0.3) is 16.9 Å². The minimum Gasteiger partial charge on any atom is -0.492 e. The summed E-state index contributed by atoms with van der Waals surface area (Å²) in [6.07, 6.45) is 2.95. The Labute approximate surface area is 143 Å². The molecule has 0 amide bonds. The predicted octanol–water partition coefficient (Wildman–Crippen LogP) is 5.20. The van der Waals surface area contributed by atoms with Gasteiger partial charge in [0.15, 0.2) is 0 Å². The standard InChI is InChI=1S/C21H24N2O/c1-4-5-9-19-20(18-10-7-6-8-16(18)3)23(22-21(19)24)17-13-11-15(2)12-14-17/h6-8,10-14H,4-5,9H2,1-3H3,(H,22,24). The summed E-state index contributed by atoms with van der Waals surface area (Å²) in [5, 5.41) is 14.9. The molecule has 1 heterocycles. The van der Waals surface area contributed by atoms with Crippen LogP contribution in [-0.2, 0) is 6.42 Å². The topological polar surface area (TPSA) is 38.1 Å². The van der Waals surface area contributed by atoms with Crippen molar-refractivity contribution < 1.29 is 5.11 Å². The fourth-order valence-corrected chi connectivity index (χ4v) is 3.01. The van der Waals surface area contributed by atoms with Gasteiger partial charge < -0.3 is 5.11 Å². The molecule has 1 aromatic heterocycles. The molecule has 0 radical (unpaired) electrons. The lowest BCUT2D eigenvalue weighted by Crippen LogP contribution is -2.01. The highest BCUT2D eigenvalue weighted by Gasteiger charge is 2.20. The second-order valence-electron chi connectivity index (χ2n) is 6.32. The lowest BCUT2D eigenvalue weighted by atomic mass is 9.99. The number of benzene rings is 2. The van der Waals surface area contributed by atoms with E-state index in [-0.39, 0.29) is 5.88 Å². The van der Waals surface area contributed by atoms with Crippen LogP contribution in [0.3, 0.4) is 0 Å². The number of hydrogen-bond acceptors (Lipinski definition) is 2. The molecule has 2 aromatic carbocycles. The molecule has 1 N–H and O–H groups in total. The van der Waals surface area contributed by atoms with Crippen LogP contribution >= 0.6 is 0 Å². The van der Waals surface area contributed by atoms with Crippen molar-refractivity contribution in [3.8, 4) is 22.8 Å². The third-order valence-electron chi connectivity index (χ3n) is 4.42. The Morgan fingerprint density at radius 2 is 1.71 bits per heavy atom. The van der Waals surface area contributed by atoms with Crippen molar-refractivity contribution >= 4 is 0 Å². The van der Waals surface area contributed by atoms with E-state index in [1.807, 2.05) is 28.9 Å². The largest absolute Gasteiger partial charge is 0.492 e. The molecule has 3 rings (SSSR count). The maximum absolute atomic E-state index is 10.5. The molecule has 124 valence electrons. The highest BCUT2D eigenvalue weighted by molar-refractivity contribution is 5.71. The highest BCUT2D eigenvalue weighted by atomic mass is 16.3. The summed E-state index contributed by atoms with van der Waals surface area (Å²) in [4.78, 5) is 0. The Hall–Kier alpha value is -2.55. The molecular weight excluding hydrogens is 296 g/mol. The maximum Gasteiger partial charge on any atom is 0.234 e. The summed E-state index contributed by atoms with van der Waals surface area (Å²) in [5.41, 5.74) is 6.42. The zero-order valence-corrected chi connectivity index (χ0v) is 14.6. The average molecular weight is 320 g/mol. The van der Waals surface area contributed by atoms with Crippen molar-refractivity contribution in [2.45, 2.75) is 40.0 Å². The van der Waals surface area contributed by atoms with Crippen molar-refractivity contribution in [2.24, 2.45) is 0 Å². The zero-order valence-electron chi connectivity index (χ0n) is 14.6. The molecule has 0 aliphatic carbocycles. The van der Waals surface area contributed by atoms with Gasteiger partial charge in [-0.25, -0.2) is 4.68 Å². The Kier molecular flexibility index (Phi) is 4.70. The van der Waals surface area contributed by atoms with Gasteiger partial charge in [-0.3, -0.25) is 0 Å². The van der Waals surface area contributed by atoms with Gasteiger partial charge in [-0.2, -0.15) is 0 Å². The van der Waals surface area contributed by atoms with E-state index in [0.29, 0.717) is 0 Å². The van der Waals surface area contributed by atoms with Gasteiger partial charge in [0, 0.05) is 11.1 Å². The highest BCUT2D eigenvalue weighted by Crippen LogP contribution is 2.35. The molecule has 3 nitrogen and oxygen atoms in total. The van der Waals surface area contributed by atoms with Gasteiger partial charge in [0.25, 0.3) is 0 Å². The molecular formula is C21H24N2O. The van der Waals surface area contributed by atoms with Crippen molar-refractivity contribution in [3.05, 3.63) is 65.2 Å². The average Bonchev–Trinajstić information content (AvgIpc) is 2.90. The van der Waals surface area contributed by atoms with Gasteiger partial charge in [0.1, 0.15) is 0 Å². The molecule has 0 spiro atoms. The van der Waals surface area contributed by atoms with Gasteiger partial charge in [-0.15, -0.1) is 5.10 Å². The Bertz CT molecular complexity index is 832. The molecule has 0 fully saturated rings. The number of nitrogens with zero attached hydrogens (tertiary/aromatic N) is 2. The van der Waals surface area contributed by atoms with Crippen molar-refractivity contribution in [1.29, 1.82) is 0 Å². The Morgan fingerprint density at radius 3 is 2.38 bits per heavy atom. The van der Waals surface area contributed by atoms with Gasteiger partial charge in [-0.05, 0) is 44.4 Å². The van der Waals surface area contributed by atoms with E-state index in [9.17, 15) is 5.11 Å². The zero-order chi connectivity index (χ0) is 17.1. The van der Waals surface area contributed by atoms with Crippen LogP contribution in [0.4, 0.5) is 0 Å². The van der Waals surface area contributed by atoms with Gasteiger partial charge in [0.2, 0.25) is 5.88 Å². The van der Waals surface area contributed by atoms with Gasteiger partial charge in [0.05, 0.1) is 11.4 Å².